The number of aryl methyl sites for hydroxylation is 1. The second-order valence-electron chi connectivity index (χ2n) is 4.55. The maximum atomic E-state index is 13.1. The summed E-state index contributed by atoms with van der Waals surface area (Å²) < 4.78 is 13.1. The smallest absolute Gasteiger partial charge is 0.313 e. The van der Waals surface area contributed by atoms with Crippen molar-refractivity contribution in [2.45, 2.75) is 25.2 Å². The van der Waals surface area contributed by atoms with E-state index in [2.05, 4.69) is 9.97 Å². The Bertz CT molecular complexity index is 599. The predicted molar refractivity (Wildman–Crippen MR) is 62.6 cm³/mol. The van der Waals surface area contributed by atoms with Gasteiger partial charge >= 0.3 is 5.69 Å². The van der Waals surface area contributed by atoms with Crippen LogP contribution in [0.4, 0.5) is 4.39 Å². The lowest BCUT2D eigenvalue weighted by Crippen LogP contribution is -2.03. The molecule has 0 amide bonds. The molecule has 0 radical (unpaired) electrons. The van der Waals surface area contributed by atoms with Gasteiger partial charge in [0.15, 0.2) is 0 Å². The van der Waals surface area contributed by atoms with Crippen molar-refractivity contribution in [3.05, 3.63) is 57.5 Å². The number of aromatic amines is 2. The number of hydrogen-bond donors (Lipinski definition) is 2. The summed E-state index contributed by atoms with van der Waals surface area (Å²) in [5, 5.41) is 0. The van der Waals surface area contributed by atoms with Crippen LogP contribution in [0.5, 0.6) is 0 Å². The maximum absolute atomic E-state index is 13.1. The number of rotatable bonds is 2. The Morgan fingerprint density at radius 3 is 3.06 bits per heavy atom. The molecule has 17 heavy (non-hydrogen) atoms. The largest absolute Gasteiger partial charge is 0.323 e. The SMILES string of the molecule is O=c1[nH]cc(C[C@H]2CCc3cc(F)ccc32)[nH]1. The van der Waals surface area contributed by atoms with Gasteiger partial charge in [0.2, 0.25) is 0 Å². The van der Waals surface area contributed by atoms with Gasteiger partial charge in [0.1, 0.15) is 5.82 Å². The van der Waals surface area contributed by atoms with E-state index in [9.17, 15) is 9.18 Å². The molecule has 1 aliphatic rings. The fourth-order valence-corrected chi connectivity index (χ4v) is 2.63. The normalized spacial score (nSPS) is 18.3. The molecular formula is C13H13FN2O. The quantitative estimate of drug-likeness (QED) is 0.818. The van der Waals surface area contributed by atoms with Gasteiger partial charge in [-0.15, -0.1) is 0 Å². The highest BCUT2D eigenvalue weighted by Gasteiger charge is 2.23. The summed E-state index contributed by atoms with van der Waals surface area (Å²) in [5.41, 5.74) is 3.07. The van der Waals surface area contributed by atoms with Gasteiger partial charge in [-0.2, -0.15) is 0 Å². The van der Waals surface area contributed by atoms with Gasteiger partial charge < -0.3 is 9.97 Å². The summed E-state index contributed by atoms with van der Waals surface area (Å²) >= 11 is 0. The molecule has 0 aliphatic heterocycles. The summed E-state index contributed by atoms with van der Waals surface area (Å²) in [4.78, 5) is 16.4. The number of hydrogen-bond acceptors (Lipinski definition) is 1. The van der Waals surface area contributed by atoms with E-state index in [4.69, 9.17) is 0 Å². The zero-order valence-electron chi connectivity index (χ0n) is 9.29. The molecule has 0 fully saturated rings. The zero-order chi connectivity index (χ0) is 11.8. The Morgan fingerprint density at radius 2 is 2.29 bits per heavy atom. The van der Waals surface area contributed by atoms with Crippen molar-refractivity contribution in [2.24, 2.45) is 0 Å². The minimum Gasteiger partial charge on any atom is -0.313 e. The standard InChI is InChI=1S/C13H13FN2O/c14-10-3-4-12-8(5-10)1-2-9(12)6-11-7-15-13(17)16-11/h3-5,7,9H,1-2,6H2,(H2,15,16,17)/t9-/m1/s1. The molecule has 1 atom stereocenters. The van der Waals surface area contributed by atoms with E-state index in [1.165, 1.54) is 11.6 Å². The van der Waals surface area contributed by atoms with Crippen LogP contribution in [0.25, 0.3) is 0 Å². The minimum absolute atomic E-state index is 0.167. The molecule has 2 aromatic rings. The number of nitrogens with one attached hydrogen (secondary N) is 2. The van der Waals surface area contributed by atoms with Crippen molar-refractivity contribution >= 4 is 0 Å². The number of benzene rings is 1. The maximum Gasteiger partial charge on any atom is 0.323 e. The molecule has 0 unspecified atom stereocenters. The number of aromatic nitrogens is 2. The summed E-state index contributed by atoms with van der Waals surface area (Å²) in [6.07, 6.45) is 4.46. The number of imidazole rings is 1. The van der Waals surface area contributed by atoms with Crippen LogP contribution < -0.4 is 5.69 Å². The third-order valence-electron chi connectivity index (χ3n) is 3.42. The average Bonchev–Trinajstić information content (AvgIpc) is 2.86. The molecule has 0 bridgehead atoms. The Balaban J connectivity index is 1.86. The lowest BCUT2D eigenvalue weighted by Gasteiger charge is -2.09. The van der Waals surface area contributed by atoms with Gasteiger partial charge in [0.05, 0.1) is 0 Å². The van der Waals surface area contributed by atoms with Crippen molar-refractivity contribution in [3.63, 3.8) is 0 Å². The van der Waals surface area contributed by atoms with Crippen molar-refractivity contribution in [1.29, 1.82) is 0 Å². The lowest BCUT2D eigenvalue weighted by atomic mass is 9.96. The molecule has 3 nitrogen and oxygen atoms in total. The second-order valence-corrected chi connectivity index (χ2v) is 4.55. The van der Waals surface area contributed by atoms with Gasteiger partial charge in [-0.1, -0.05) is 6.07 Å². The van der Waals surface area contributed by atoms with Crippen LogP contribution in [0.2, 0.25) is 0 Å². The van der Waals surface area contributed by atoms with E-state index in [1.807, 2.05) is 6.07 Å². The lowest BCUT2D eigenvalue weighted by molar-refractivity contribution is 0.625. The van der Waals surface area contributed by atoms with Crippen LogP contribution in [-0.2, 0) is 12.8 Å². The Kier molecular flexibility index (Phi) is 2.35. The van der Waals surface area contributed by atoms with Crippen molar-refractivity contribution in [2.75, 3.05) is 0 Å². The van der Waals surface area contributed by atoms with Crippen LogP contribution in [-0.4, -0.2) is 9.97 Å². The van der Waals surface area contributed by atoms with Gasteiger partial charge in [-0.05, 0) is 48.4 Å². The van der Waals surface area contributed by atoms with Gasteiger partial charge in [0, 0.05) is 11.9 Å². The first-order valence-electron chi connectivity index (χ1n) is 5.77. The Morgan fingerprint density at radius 1 is 1.41 bits per heavy atom. The van der Waals surface area contributed by atoms with Gasteiger partial charge in [-0.3, -0.25) is 0 Å². The molecule has 0 saturated heterocycles. The molecule has 1 aromatic heterocycles. The van der Waals surface area contributed by atoms with E-state index < -0.39 is 0 Å². The van der Waals surface area contributed by atoms with Crippen LogP contribution in [0, 0.1) is 5.82 Å². The van der Waals surface area contributed by atoms with Crippen LogP contribution in [0.15, 0.2) is 29.2 Å². The topological polar surface area (TPSA) is 48.6 Å². The average molecular weight is 232 g/mol. The molecule has 1 aliphatic carbocycles. The molecule has 4 heteroatoms. The molecule has 88 valence electrons. The van der Waals surface area contributed by atoms with Crippen LogP contribution >= 0.6 is 0 Å². The van der Waals surface area contributed by atoms with Gasteiger partial charge in [-0.25, -0.2) is 9.18 Å². The predicted octanol–water partition coefficient (Wildman–Crippen LogP) is 2.11. The van der Waals surface area contributed by atoms with E-state index in [-0.39, 0.29) is 11.5 Å². The second kappa shape index (κ2) is 3.87. The first kappa shape index (κ1) is 10.3. The van der Waals surface area contributed by atoms with E-state index in [0.29, 0.717) is 5.92 Å². The monoisotopic (exact) mass is 232 g/mol. The van der Waals surface area contributed by atoms with Crippen molar-refractivity contribution in [1.82, 2.24) is 9.97 Å². The molecule has 0 spiro atoms. The highest BCUT2D eigenvalue weighted by molar-refractivity contribution is 5.36. The molecule has 3 rings (SSSR count). The first-order valence-corrected chi connectivity index (χ1v) is 5.77. The van der Waals surface area contributed by atoms with Crippen molar-refractivity contribution in [3.8, 4) is 0 Å². The molecule has 1 heterocycles. The summed E-state index contributed by atoms with van der Waals surface area (Å²) in [7, 11) is 0. The summed E-state index contributed by atoms with van der Waals surface area (Å²) in [6, 6.07) is 5.00. The van der Waals surface area contributed by atoms with E-state index in [1.54, 1.807) is 12.3 Å². The number of fused-ring (bicyclic) bond motifs is 1. The minimum atomic E-state index is -0.169. The molecule has 0 saturated carbocycles. The number of halogens is 1. The zero-order valence-corrected chi connectivity index (χ0v) is 9.29. The van der Waals surface area contributed by atoms with Crippen LogP contribution in [0.3, 0.4) is 0 Å². The third kappa shape index (κ3) is 1.90. The molecule has 2 N–H and O–H groups in total. The first-order chi connectivity index (χ1) is 8.22. The summed E-state index contributed by atoms with van der Waals surface area (Å²) in [5.74, 6) is 0.219. The number of H-pyrrole nitrogens is 2. The molecular weight excluding hydrogens is 219 g/mol. The highest BCUT2D eigenvalue weighted by Crippen LogP contribution is 2.35. The Labute approximate surface area is 97.7 Å². The highest BCUT2D eigenvalue weighted by atomic mass is 19.1. The van der Waals surface area contributed by atoms with Crippen molar-refractivity contribution < 1.29 is 4.39 Å². The fourth-order valence-electron chi connectivity index (χ4n) is 2.63. The fraction of sp³-hybridized carbons (Fsp3) is 0.308. The Hall–Kier alpha value is -1.84. The van der Waals surface area contributed by atoms with E-state index in [0.717, 1.165) is 30.5 Å². The summed E-state index contributed by atoms with van der Waals surface area (Å²) in [6.45, 7) is 0. The third-order valence-corrected chi connectivity index (χ3v) is 3.42. The van der Waals surface area contributed by atoms with Gasteiger partial charge in [0.25, 0.3) is 0 Å². The van der Waals surface area contributed by atoms with E-state index >= 15 is 0 Å². The van der Waals surface area contributed by atoms with Crippen LogP contribution in [0.1, 0.15) is 29.2 Å². The molecule has 1 aromatic carbocycles.